The Morgan fingerprint density at radius 3 is 1.30 bits per heavy atom. The molecule has 1 unspecified atom stereocenters. The number of carbonyl (C=O) groups is 2. The summed E-state index contributed by atoms with van der Waals surface area (Å²) in [6.45, 7) is 7.56. The number of hydrogen-bond donors (Lipinski definition) is 0. The number of unbranched alkanes of at least 4 members (excludes halogenated alkanes) is 19. The highest BCUT2D eigenvalue weighted by Crippen LogP contribution is 2.13. The summed E-state index contributed by atoms with van der Waals surface area (Å²) in [5, 5.41) is 0. The van der Waals surface area contributed by atoms with E-state index >= 15 is 0 Å². The maximum Gasteiger partial charge on any atom is 0.306 e. The molecule has 56 heavy (non-hydrogen) atoms. The summed E-state index contributed by atoms with van der Waals surface area (Å²) in [4.78, 5) is 25.3. The van der Waals surface area contributed by atoms with Gasteiger partial charge in [-0.25, -0.2) is 0 Å². The molecular formula is C51H88O5. The van der Waals surface area contributed by atoms with Crippen molar-refractivity contribution >= 4 is 11.9 Å². The fraction of sp³-hybridized carbons (Fsp3) is 0.725. The van der Waals surface area contributed by atoms with Crippen molar-refractivity contribution in [2.75, 3.05) is 19.8 Å². The van der Waals surface area contributed by atoms with Crippen LogP contribution in [0.4, 0.5) is 0 Å². The Labute approximate surface area is 347 Å². The van der Waals surface area contributed by atoms with Crippen molar-refractivity contribution in [1.29, 1.82) is 0 Å². The summed E-state index contributed by atoms with van der Waals surface area (Å²) in [5.74, 6) is -0.442. The fourth-order valence-electron chi connectivity index (χ4n) is 6.30. The molecule has 0 aliphatic rings. The standard InChI is InChI=1S/C51H88O5/c1-4-7-10-13-16-19-22-24-25-26-27-29-30-32-35-38-41-44-50(52)55-48-49(47-54-46-43-40-37-34-21-18-15-12-9-6-3)56-51(53)45-42-39-36-33-31-28-23-20-17-14-11-8-5-2/h7-8,10-11,16-17,19-20,24-25,28,31,49H,4-6,9,12-15,18,21-23,26-27,29-30,32-48H2,1-3H3/b10-7-,11-8-,19-16-,20-17-,25-24-,31-28-. The molecule has 0 spiro atoms. The molecule has 0 bridgehead atoms. The first-order chi connectivity index (χ1) is 27.6. The van der Waals surface area contributed by atoms with Gasteiger partial charge in [0.25, 0.3) is 0 Å². The molecule has 0 saturated carbocycles. The van der Waals surface area contributed by atoms with E-state index in [-0.39, 0.29) is 25.2 Å². The minimum absolute atomic E-state index is 0.0672. The van der Waals surface area contributed by atoms with Crippen molar-refractivity contribution < 1.29 is 23.8 Å². The normalized spacial score (nSPS) is 12.8. The summed E-state index contributed by atoms with van der Waals surface area (Å²) in [6.07, 6.45) is 59.0. The van der Waals surface area contributed by atoms with E-state index in [1.165, 1.54) is 77.0 Å². The molecule has 0 amide bonds. The zero-order chi connectivity index (χ0) is 40.7. The van der Waals surface area contributed by atoms with Gasteiger partial charge in [0.1, 0.15) is 6.61 Å². The minimum Gasteiger partial charge on any atom is -0.462 e. The van der Waals surface area contributed by atoms with Gasteiger partial charge in [-0.3, -0.25) is 9.59 Å². The smallest absolute Gasteiger partial charge is 0.306 e. The average Bonchev–Trinajstić information content (AvgIpc) is 3.20. The summed E-state index contributed by atoms with van der Waals surface area (Å²) < 4.78 is 17.3. The Morgan fingerprint density at radius 1 is 0.411 bits per heavy atom. The molecule has 0 saturated heterocycles. The van der Waals surface area contributed by atoms with Crippen molar-refractivity contribution in [2.45, 2.75) is 219 Å². The van der Waals surface area contributed by atoms with Gasteiger partial charge < -0.3 is 14.2 Å². The molecule has 1 atom stereocenters. The predicted octanol–water partition coefficient (Wildman–Crippen LogP) is 15.6. The van der Waals surface area contributed by atoms with Crippen molar-refractivity contribution in [3.63, 3.8) is 0 Å². The molecule has 5 nitrogen and oxygen atoms in total. The highest BCUT2D eigenvalue weighted by atomic mass is 16.6. The van der Waals surface area contributed by atoms with Crippen LogP contribution in [0.5, 0.6) is 0 Å². The Bertz CT molecular complexity index is 1020. The van der Waals surface area contributed by atoms with E-state index in [0.29, 0.717) is 19.4 Å². The van der Waals surface area contributed by atoms with Gasteiger partial charge in [-0.05, 0) is 83.5 Å². The quantitative estimate of drug-likeness (QED) is 0.0351. The molecule has 0 aromatic carbocycles. The first-order valence-electron chi connectivity index (χ1n) is 23.5. The second kappa shape index (κ2) is 46.7. The van der Waals surface area contributed by atoms with Crippen molar-refractivity contribution in [1.82, 2.24) is 0 Å². The molecule has 0 N–H and O–H groups in total. The van der Waals surface area contributed by atoms with E-state index in [1.54, 1.807) is 0 Å². The highest BCUT2D eigenvalue weighted by molar-refractivity contribution is 5.70. The lowest BCUT2D eigenvalue weighted by molar-refractivity contribution is -0.163. The zero-order valence-corrected chi connectivity index (χ0v) is 36.9. The fourth-order valence-corrected chi connectivity index (χ4v) is 6.30. The molecule has 5 heteroatoms. The molecule has 0 fully saturated rings. The monoisotopic (exact) mass is 781 g/mol. The first-order valence-corrected chi connectivity index (χ1v) is 23.5. The minimum atomic E-state index is -0.553. The number of rotatable bonds is 42. The van der Waals surface area contributed by atoms with E-state index in [2.05, 4.69) is 93.7 Å². The van der Waals surface area contributed by atoms with Gasteiger partial charge in [0.15, 0.2) is 6.10 Å². The maximum atomic E-state index is 12.7. The summed E-state index contributed by atoms with van der Waals surface area (Å²) in [5.41, 5.74) is 0. The Morgan fingerprint density at radius 2 is 0.804 bits per heavy atom. The van der Waals surface area contributed by atoms with Crippen LogP contribution in [0.15, 0.2) is 72.9 Å². The highest BCUT2D eigenvalue weighted by Gasteiger charge is 2.17. The van der Waals surface area contributed by atoms with Gasteiger partial charge >= 0.3 is 11.9 Å². The van der Waals surface area contributed by atoms with Crippen LogP contribution in [0.25, 0.3) is 0 Å². The van der Waals surface area contributed by atoms with Crippen LogP contribution in [0.1, 0.15) is 213 Å². The second-order valence-corrected chi connectivity index (χ2v) is 15.3. The second-order valence-electron chi connectivity index (χ2n) is 15.3. The molecule has 0 aliphatic heterocycles. The van der Waals surface area contributed by atoms with Crippen molar-refractivity contribution in [3.05, 3.63) is 72.9 Å². The van der Waals surface area contributed by atoms with Crippen molar-refractivity contribution in [3.8, 4) is 0 Å². The van der Waals surface area contributed by atoms with Crippen LogP contribution in [0.3, 0.4) is 0 Å². The van der Waals surface area contributed by atoms with E-state index in [4.69, 9.17) is 14.2 Å². The molecule has 0 heterocycles. The molecule has 0 aliphatic carbocycles. The molecular weight excluding hydrogens is 693 g/mol. The molecule has 0 radical (unpaired) electrons. The van der Waals surface area contributed by atoms with Gasteiger partial charge in [0.05, 0.1) is 6.61 Å². The summed E-state index contributed by atoms with van der Waals surface area (Å²) in [7, 11) is 0. The van der Waals surface area contributed by atoms with Gasteiger partial charge in [-0.1, -0.05) is 190 Å². The Balaban J connectivity index is 4.28. The third-order valence-corrected chi connectivity index (χ3v) is 9.74. The lowest BCUT2D eigenvalue weighted by Crippen LogP contribution is -2.30. The lowest BCUT2D eigenvalue weighted by atomic mass is 10.1. The molecule has 0 rings (SSSR count). The third-order valence-electron chi connectivity index (χ3n) is 9.74. The van der Waals surface area contributed by atoms with Crippen molar-refractivity contribution in [2.24, 2.45) is 0 Å². The van der Waals surface area contributed by atoms with Crippen LogP contribution in [-0.2, 0) is 23.8 Å². The topological polar surface area (TPSA) is 61.8 Å². The van der Waals surface area contributed by atoms with Gasteiger partial charge in [0.2, 0.25) is 0 Å². The zero-order valence-electron chi connectivity index (χ0n) is 36.9. The number of hydrogen-bond acceptors (Lipinski definition) is 5. The van der Waals surface area contributed by atoms with E-state index in [9.17, 15) is 9.59 Å². The number of allylic oxidation sites excluding steroid dienone is 12. The number of carbonyl (C=O) groups excluding carboxylic acids is 2. The van der Waals surface area contributed by atoms with Gasteiger partial charge in [-0.15, -0.1) is 0 Å². The lowest BCUT2D eigenvalue weighted by Gasteiger charge is -2.18. The number of esters is 2. The average molecular weight is 781 g/mol. The summed E-state index contributed by atoms with van der Waals surface area (Å²) >= 11 is 0. The largest absolute Gasteiger partial charge is 0.462 e. The Kier molecular flexibility index (Phi) is 44.5. The molecule has 0 aromatic rings. The van der Waals surface area contributed by atoms with E-state index < -0.39 is 6.10 Å². The van der Waals surface area contributed by atoms with Crippen LogP contribution in [0, 0.1) is 0 Å². The van der Waals surface area contributed by atoms with Crippen LogP contribution in [-0.4, -0.2) is 37.9 Å². The first kappa shape index (κ1) is 53.3. The van der Waals surface area contributed by atoms with E-state index in [1.807, 2.05) is 0 Å². The summed E-state index contributed by atoms with van der Waals surface area (Å²) in [6, 6.07) is 0. The number of ether oxygens (including phenoxy) is 3. The van der Waals surface area contributed by atoms with Crippen LogP contribution >= 0.6 is 0 Å². The van der Waals surface area contributed by atoms with Gasteiger partial charge in [0, 0.05) is 19.4 Å². The molecule has 0 aromatic heterocycles. The van der Waals surface area contributed by atoms with Crippen LogP contribution < -0.4 is 0 Å². The maximum absolute atomic E-state index is 12.7. The third kappa shape index (κ3) is 44.1. The van der Waals surface area contributed by atoms with Crippen LogP contribution in [0.2, 0.25) is 0 Å². The predicted molar refractivity (Wildman–Crippen MR) is 242 cm³/mol. The SMILES string of the molecule is CC/C=C\C/C=C\C/C=C\CCCCCCCCCC(=O)OCC(COCCCCCCCCCCCC)OC(=O)CCCCC/C=C\C/C=C\C/C=C\CC. The molecule has 322 valence electrons. The van der Waals surface area contributed by atoms with Gasteiger partial charge in [-0.2, -0.15) is 0 Å². The van der Waals surface area contributed by atoms with E-state index in [0.717, 1.165) is 103 Å². The Hall–Kier alpha value is -2.66.